The molecule has 1 atom stereocenters. The predicted molar refractivity (Wildman–Crippen MR) is 86.7 cm³/mol. The summed E-state index contributed by atoms with van der Waals surface area (Å²) in [4.78, 5) is 0. The van der Waals surface area contributed by atoms with Crippen molar-refractivity contribution in [1.82, 2.24) is 0 Å². The van der Waals surface area contributed by atoms with Gasteiger partial charge in [-0.1, -0.05) is 62.2 Å². The van der Waals surface area contributed by atoms with Gasteiger partial charge in [-0.05, 0) is 35.1 Å². The number of anilines is 1. The van der Waals surface area contributed by atoms with E-state index in [1.807, 2.05) is 18.2 Å². The highest BCUT2D eigenvalue weighted by atomic mass is 14.6. The van der Waals surface area contributed by atoms with Crippen LogP contribution in [0.15, 0.2) is 42.5 Å². The Labute approximate surface area is 121 Å². The minimum Gasteiger partial charge on any atom is -0.398 e. The Kier molecular flexibility index (Phi) is 4.48. The maximum Gasteiger partial charge on any atom is 0.0699 e. The van der Waals surface area contributed by atoms with Crippen molar-refractivity contribution >= 4 is 5.69 Å². The summed E-state index contributed by atoms with van der Waals surface area (Å²) in [7, 11) is 0. The van der Waals surface area contributed by atoms with Crippen LogP contribution in [-0.4, -0.2) is 0 Å². The van der Waals surface area contributed by atoms with E-state index in [4.69, 9.17) is 12.2 Å². The van der Waals surface area contributed by atoms with Crippen LogP contribution in [0.5, 0.6) is 0 Å². The van der Waals surface area contributed by atoms with Crippen molar-refractivity contribution in [3.63, 3.8) is 0 Å². The molecule has 2 aromatic carbocycles. The third kappa shape index (κ3) is 2.70. The van der Waals surface area contributed by atoms with Crippen molar-refractivity contribution in [1.29, 1.82) is 0 Å². The van der Waals surface area contributed by atoms with Crippen molar-refractivity contribution < 1.29 is 0 Å². The topological polar surface area (TPSA) is 26.0 Å². The standard InChI is InChI=1S/C19H21N/c1-4-14-12-17(13-15(5-2)19(14)20)18(6-3)16-10-8-7-9-11-16/h3,7-13,18H,4-5,20H2,1-2H3. The molecular formula is C19H21N. The molecule has 0 spiro atoms. The molecule has 1 heteroatoms. The van der Waals surface area contributed by atoms with Crippen LogP contribution in [-0.2, 0) is 12.8 Å². The molecule has 0 bridgehead atoms. The summed E-state index contributed by atoms with van der Waals surface area (Å²) < 4.78 is 0. The molecule has 0 aromatic heterocycles. The summed E-state index contributed by atoms with van der Waals surface area (Å²) in [6.45, 7) is 4.25. The van der Waals surface area contributed by atoms with E-state index in [-0.39, 0.29) is 5.92 Å². The quantitative estimate of drug-likeness (QED) is 0.650. The van der Waals surface area contributed by atoms with Gasteiger partial charge in [-0.3, -0.25) is 0 Å². The molecule has 2 rings (SSSR count). The van der Waals surface area contributed by atoms with Crippen LogP contribution in [0.4, 0.5) is 5.69 Å². The summed E-state index contributed by atoms with van der Waals surface area (Å²) in [5.41, 5.74) is 11.8. The van der Waals surface area contributed by atoms with E-state index in [1.165, 1.54) is 16.7 Å². The lowest BCUT2D eigenvalue weighted by Gasteiger charge is -2.17. The lowest BCUT2D eigenvalue weighted by Crippen LogP contribution is -2.05. The van der Waals surface area contributed by atoms with Crippen LogP contribution in [0.2, 0.25) is 0 Å². The molecule has 0 fully saturated rings. The van der Waals surface area contributed by atoms with Gasteiger partial charge < -0.3 is 5.73 Å². The average Bonchev–Trinajstić information content (AvgIpc) is 2.50. The van der Waals surface area contributed by atoms with Gasteiger partial charge in [0.1, 0.15) is 0 Å². The van der Waals surface area contributed by atoms with Gasteiger partial charge in [0, 0.05) is 5.69 Å². The normalized spacial score (nSPS) is 11.8. The number of hydrogen-bond acceptors (Lipinski definition) is 1. The predicted octanol–water partition coefficient (Wildman–Crippen LogP) is 4.16. The Balaban J connectivity index is 2.54. The summed E-state index contributed by atoms with van der Waals surface area (Å²) in [6.07, 6.45) is 7.64. The summed E-state index contributed by atoms with van der Waals surface area (Å²) in [6, 6.07) is 14.5. The van der Waals surface area contributed by atoms with Gasteiger partial charge in [0.15, 0.2) is 0 Å². The van der Waals surface area contributed by atoms with Crippen molar-refractivity contribution in [2.75, 3.05) is 5.73 Å². The molecule has 2 aromatic rings. The highest BCUT2D eigenvalue weighted by Gasteiger charge is 2.14. The van der Waals surface area contributed by atoms with Crippen molar-refractivity contribution in [2.24, 2.45) is 0 Å². The van der Waals surface area contributed by atoms with E-state index in [2.05, 4.69) is 44.0 Å². The van der Waals surface area contributed by atoms with E-state index in [1.54, 1.807) is 0 Å². The number of nitrogen functional groups attached to an aromatic ring is 1. The number of aryl methyl sites for hydroxylation is 2. The van der Waals surface area contributed by atoms with E-state index in [0.717, 1.165) is 24.1 Å². The Morgan fingerprint density at radius 3 is 2.00 bits per heavy atom. The third-order valence-corrected chi connectivity index (χ3v) is 3.77. The Morgan fingerprint density at radius 1 is 1.00 bits per heavy atom. The van der Waals surface area contributed by atoms with Gasteiger partial charge in [0.2, 0.25) is 0 Å². The molecule has 0 saturated carbocycles. The van der Waals surface area contributed by atoms with Gasteiger partial charge in [0.05, 0.1) is 5.92 Å². The molecular weight excluding hydrogens is 242 g/mol. The highest BCUT2D eigenvalue weighted by molar-refractivity contribution is 5.58. The molecule has 20 heavy (non-hydrogen) atoms. The zero-order valence-corrected chi connectivity index (χ0v) is 12.2. The van der Waals surface area contributed by atoms with E-state index >= 15 is 0 Å². The minimum absolute atomic E-state index is 0.00704. The van der Waals surface area contributed by atoms with Crippen molar-refractivity contribution in [3.05, 3.63) is 64.7 Å². The molecule has 0 saturated heterocycles. The smallest absolute Gasteiger partial charge is 0.0699 e. The monoisotopic (exact) mass is 263 g/mol. The van der Waals surface area contributed by atoms with E-state index < -0.39 is 0 Å². The number of hydrogen-bond donors (Lipinski definition) is 1. The second-order valence-electron chi connectivity index (χ2n) is 4.97. The molecule has 0 aliphatic rings. The molecule has 0 radical (unpaired) electrons. The highest BCUT2D eigenvalue weighted by Crippen LogP contribution is 2.29. The van der Waals surface area contributed by atoms with Crippen LogP contribution < -0.4 is 5.73 Å². The largest absolute Gasteiger partial charge is 0.398 e. The first-order valence-corrected chi connectivity index (χ1v) is 7.13. The van der Waals surface area contributed by atoms with Gasteiger partial charge in [0.25, 0.3) is 0 Å². The van der Waals surface area contributed by atoms with Gasteiger partial charge in [-0.15, -0.1) is 6.42 Å². The van der Waals surface area contributed by atoms with Crippen LogP contribution in [0.25, 0.3) is 0 Å². The molecule has 102 valence electrons. The molecule has 1 unspecified atom stereocenters. The number of rotatable bonds is 4. The van der Waals surface area contributed by atoms with Gasteiger partial charge in [-0.25, -0.2) is 0 Å². The first-order chi connectivity index (χ1) is 9.71. The zero-order valence-electron chi connectivity index (χ0n) is 12.2. The average molecular weight is 263 g/mol. The lowest BCUT2D eigenvalue weighted by atomic mass is 9.88. The summed E-state index contributed by atoms with van der Waals surface area (Å²) >= 11 is 0. The van der Waals surface area contributed by atoms with Gasteiger partial charge >= 0.3 is 0 Å². The number of benzene rings is 2. The molecule has 0 heterocycles. The Morgan fingerprint density at radius 2 is 1.55 bits per heavy atom. The maximum atomic E-state index is 6.20. The first-order valence-electron chi connectivity index (χ1n) is 7.13. The fourth-order valence-corrected chi connectivity index (χ4v) is 2.59. The second kappa shape index (κ2) is 6.30. The molecule has 2 N–H and O–H groups in total. The van der Waals surface area contributed by atoms with Crippen LogP contribution in [0, 0.1) is 12.3 Å². The number of terminal acetylenes is 1. The summed E-state index contributed by atoms with van der Waals surface area (Å²) in [5.74, 6) is 2.91. The van der Waals surface area contributed by atoms with Crippen molar-refractivity contribution in [3.8, 4) is 12.3 Å². The second-order valence-corrected chi connectivity index (χ2v) is 4.97. The van der Waals surface area contributed by atoms with Crippen LogP contribution >= 0.6 is 0 Å². The Bertz CT molecular complexity index is 595. The SMILES string of the molecule is C#CC(c1ccccc1)c1cc(CC)c(N)c(CC)c1. The maximum absolute atomic E-state index is 6.20. The van der Waals surface area contributed by atoms with Crippen LogP contribution in [0.3, 0.4) is 0 Å². The van der Waals surface area contributed by atoms with E-state index in [0.29, 0.717) is 0 Å². The Hall–Kier alpha value is -2.20. The zero-order chi connectivity index (χ0) is 14.5. The minimum atomic E-state index is -0.00704. The lowest BCUT2D eigenvalue weighted by molar-refractivity contribution is 1.02. The molecule has 0 aliphatic heterocycles. The fourth-order valence-electron chi connectivity index (χ4n) is 2.59. The molecule has 1 nitrogen and oxygen atoms in total. The van der Waals surface area contributed by atoms with E-state index in [9.17, 15) is 0 Å². The molecule has 0 aliphatic carbocycles. The van der Waals surface area contributed by atoms with Crippen LogP contribution in [0.1, 0.15) is 42.0 Å². The number of nitrogens with two attached hydrogens (primary N) is 1. The third-order valence-electron chi connectivity index (χ3n) is 3.77. The van der Waals surface area contributed by atoms with Crippen molar-refractivity contribution in [2.45, 2.75) is 32.6 Å². The fraction of sp³-hybridized carbons (Fsp3) is 0.263. The summed E-state index contributed by atoms with van der Waals surface area (Å²) in [5, 5.41) is 0. The molecule has 0 amide bonds. The first kappa shape index (κ1) is 14.2. The van der Waals surface area contributed by atoms with Gasteiger partial charge in [-0.2, -0.15) is 0 Å².